The number of nitrogens with zero attached hydrogens (tertiary/aromatic N) is 3. The highest BCUT2D eigenvalue weighted by atomic mass is 19.4. The van der Waals surface area contributed by atoms with Gasteiger partial charge in [0.25, 0.3) is 0 Å². The van der Waals surface area contributed by atoms with Gasteiger partial charge in [-0.1, -0.05) is 192 Å². The minimum Gasteiger partial charge on any atom is -0.319 e. The van der Waals surface area contributed by atoms with Crippen LogP contribution in [0.1, 0.15) is 50.4 Å². The Balaban J connectivity index is 1.24. The molecular weight excluding hydrogens is 916 g/mol. The summed E-state index contributed by atoms with van der Waals surface area (Å²) >= 11 is 0. The van der Waals surface area contributed by atoms with E-state index in [9.17, 15) is 6.57 Å². The van der Waals surface area contributed by atoms with Crippen LogP contribution in [-0.4, -0.2) is 4.57 Å². The predicted octanol–water partition coefficient (Wildman–Crippen LogP) is 19.6. The number of hydrogen-bond acceptors (Lipinski definition) is 0. The van der Waals surface area contributed by atoms with Crippen LogP contribution in [0.3, 0.4) is 0 Å². The van der Waals surface area contributed by atoms with Crippen molar-refractivity contribution in [2.75, 3.05) is 0 Å². The fourth-order valence-electron chi connectivity index (χ4n) is 11.4. The number of benzene rings is 10. The van der Waals surface area contributed by atoms with E-state index in [1.165, 1.54) is 12.1 Å². The van der Waals surface area contributed by atoms with E-state index in [2.05, 4.69) is 188 Å². The molecule has 12 rings (SSSR count). The molecule has 1 heterocycles. The highest BCUT2D eigenvalue weighted by Gasteiger charge is 2.39. The van der Waals surface area contributed by atoms with Gasteiger partial charge in [-0.3, -0.25) is 0 Å². The Kier molecular flexibility index (Phi) is 11.0. The van der Waals surface area contributed by atoms with E-state index in [1.807, 2.05) is 24.3 Å². The minimum atomic E-state index is -4.82. The van der Waals surface area contributed by atoms with Crippen molar-refractivity contribution < 1.29 is 13.2 Å². The third-order valence-electron chi connectivity index (χ3n) is 14.8. The summed E-state index contributed by atoms with van der Waals surface area (Å²) in [6.45, 7) is 26.1. The van der Waals surface area contributed by atoms with E-state index in [0.717, 1.165) is 117 Å². The smallest absolute Gasteiger partial charge is 0.319 e. The number of hydrogen-bond donors (Lipinski definition) is 0. The number of aromatic nitrogens is 1. The van der Waals surface area contributed by atoms with Crippen LogP contribution in [0.5, 0.6) is 0 Å². The molecule has 0 aliphatic heterocycles. The van der Waals surface area contributed by atoms with Gasteiger partial charge in [0, 0.05) is 16.7 Å². The van der Waals surface area contributed by atoms with Crippen LogP contribution in [0.25, 0.3) is 104 Å². The van der Waals surface area contributed by atoms with Crippen LogP contribution in [0.4, 0.5) is 24.5 Å². The second-order valence-electron chi connectivity index (χ2n) is 19.6. The second-order valence-corrected chi connectivity index (χ2v) is 19.6. The van der Waals surface area contributed by atoms with Gasteiger partial charge in [-0.25, -0.2) is 9.69 Å². The van der Waals surface area contributed by atoms with Crippen LogP contribution < -0.4 is 0 Å². The maximum atomic E-state index is 15.7. The minimum absolute atomic E-state index is 0.146. The van der Waals surface area contributed by atoms with E-state index >= 15 is 13.2 Å². The van der Waals surface area contributed by atoms with Crippen molar-refractivity contribution >= 4 is 33.2 Å². The van der Waals surface area contributed by atoms with Crippen molar-refractivity contribution in [1.82, 2.24) is 4.57 Å². The van der Waals surface area contributed by atoms with E-state index < -0.39 is 17.7 Å². The lowest BCUT2D eigenvalue weighted by atomic mass is 9.80. The predicted molar refractivity (Wildman–Crippen MR) is 297 cm³/mol. The molecule has 6 heteroatoms. The monoisotopic (exact) mass is 961 g/mol. The summed E-state index contributed by atoms with van der Waals surface area (Å²) in [6.07, 6.45) is -4.82. The molecule has 1 aliphatic carbocycles. The Labute approximate surface area is 428 Å². The molecule has 0 fully saturated rings. The summed E-state index contributed by atoms with van der Waals surface area (Å²) in [5.41, 5.74) is 17.6. The summed E-state index contributed by atoms with van der Waals surface area (Å²) in [5.74, 6) is -0.743. The van der Waals surface area contributed by atoms with E-state index in [-0.39, 0.29) is 22.5 Å². The second kappa shape index (κ2) is 17.8. The Morgan fingerprint density at radius 3 is 1.24 bits per heavy atom. The molecule has 3 nitrogen and oxygen atoms in total. The van der Waals surface area contributed by atoms with Crippen molar-refractivity contribution in [3.05, 3.63) is 268 Å². The van der Waals surface area contributed by atoms with Crippen molar-refractivity contribution in [3.63, 3.8) is 0 Å². The summed E-state index contributed by atoms with van der Waals surface area (Å²) < 4.78 is 49.1. The van der Waals surface area contributed by atoms with Gasteiger partial charge in [0.2, 0.25) is 5.69 Å². The number of halogens is 3. The molecule has 10 aromatic carbocycles. The normalized spacial score (nSPS) is 12.2. The van der Waals surface area contributed by atoms with Gasteiger partial charge in [-0.15, -0.1) is 0 Å². The molecule has 0 spiro atoms. The van der Waals surface area contributed by atoms with Crippen LogP contribution in [0.2, 0.25) is 0 Å². The highest BCUT2D eigenvalue weighted by Crippen LogP contribution is 2.57. The molecule has 0 amide bonds. The summed E-state index contributed by atoms with van der Waals surface area (Å²) in [7, 11) is 0. The molecule has 0 radical (unpaired) electrons. The summed E-state index contributed by atoms with van der Waals surface area (Å²) in [4.78, 5) is 8.27. The molecule has 0 saturated heterocycles. The first kappa shape index (κ1) is 45.9. The standard InChI is InChI=1S/C68H46F3N3/c1-40-12-7-16-44(32-40)48-22-26-52-53-27-23-49(45-17-8-13-41(2)33-45)37-58(53)64(57(52)36-48)66-56(65-59(68(69,70)71)20-11-21-60(65)72-5)30-31-61(67(66)73-6)74-62-38-50(46-18-9-14-42(3)34-46)24-28-54(62)55-29-25-51(39-63(55)74)47-19-10-15-43(4)35-47/h7-39,64H,1-4H3. The van der Waals surface area contributed by atoms with Gasteiger partial charge in [-0.05, 0) is 141 Å². The third-order valence-corrected chi connectivity index (χ3v) is 14.8. The molecule has 0 bridgehead atoms. The van der Waals surface area contributed by atoms with Gasteiger partial charge in [-0.2, -0.15) is 13.2 Å². The zero-order valence-electron chi connectivity index (χ0n) is 41.1. The first-order chi connectivity index (χ1) is 35.9. The largest absolute Gasteiger partial charge is 0.415 e. The first-order valence-corrected chi connectivity index (χ1v) is 24.6. The van der Waals surface area contributed by atoms with Crippen molar-refractivity contribution in [3.8, 4) is 72.4 Å². The quantitative estimate of drug-likeness (QED) is 0.141. The average molecular weight is 962 g/mol. The summed E-state index contributed by atoms with van der Waals surface area (Å²) in [5, 5.41) is 1.93. The zero-order chi connectivity index (χ0) is 51.0. The van der Waals surface area contributed by atoms with Crippen LogP contribution in [0.15, 0.2) is 200 Å². The van der Waals surface area contributed by atoms with Gasteiger partial charge in [0.05, 0.1) is 35.4 Å². The number of fused-ring (bicyclic) bond motifs is 6. The SMILES string of the molecule is [C-]#[N+]c1cccc(C(F)(F)F)c1-c1ccc(-n2c3cc(-c4cccc(C)c4)ccc3c3ccc(-c4cccc(C)c4)cc32)c([N+]#[C-])c1C1c2cc(-c3cccc(C)c3)ccc2-c2ccc(-c3cccc(C)c3)cc21. The molecule has 11 aromatic rings. The highest BCUT2D eigenvalue weighted by molar-refractivity contribution is 6.12. The van der Waals surface area contributed by atoms with Gasteiger partial charge in [0.1, 0.15) is 0 Å². The molecular formula is C68H46F3N3. The molecule has 0 unspecified atom stereocenters. The zero-order valence-corrected chi connectivity index (χ0v) is 41.1. The number of rotatable bonds is 7. The average Bonchev–Trinajstić information content (AvgIpc) is 3.90. The Bertz CT molecular complexity index is 4020. The Hall–Kier alpha value is -9.23. The third kappa shape index (κ3) is 7.75. The van der Waals surface area contributed by atoms with Gasteiger partial charge >= 0.3 is 6.18 Å². The molecule has 354 valence electrons. The molecule has 1 aromatic heterocycles. The summed E-state index contributed by atoms with van der Waals surface area (Å²) in [6, 6.07) is 66.2. The van der Waals surface area contributed by atoms with Gasteiger partial charge < -0.3 is 4.57 Å². The van der Waals surface area contributed by atoms with E-state index in [4.69, 9.17) is 6.57 Å². The van der Waals surface area contributed by atoms with E-state index in [1.54, 1.807) is 12.1 Å². The van der Waals surface area contributed by atoms with Crippen LogP contribution >= 0.6 is 0 Å². The fraction of sp³-hybridized carbons (Fsp3) is 0.0882. The molecule has 74 heavy (non-hydrogen) atoms. The fourth-order valence-corrected chi connectivity index (χ4v) is 11.4. The lowest BCUT2D eigenvalue weighted by Gasteiger charge is -2.26. The number of alkyl halides is 3. The van der Waals surface area contributed by atoms with Crippen LogP contribution in [-0.2, 0) is 6.18 Å². The maximum absolute atomic E-state index is 15.7. The van der Waals surface area contributed by atoms with E-state index in [0.29, 0.717) is 11.3 Å². The molecule has 0 saturated carbocycles. The van der Waals surface area contributed by atoms with Crippen molar-refractivity contribution in [2.45, 2.75) is 39.8 Å². The molecule has 1 aliphatic rings. The van der Waals surface area contributed by atoms with Gasteiger partial charge in [0.15, 0.2) is 5.69 Å². The lowest BCUT2D eigenvalue weighted by Crippen LogP contribution is -2.10. The molecule has 0 N–H and O–H groups in total. The van der Waals surface area contributed by atoms with Crippen molar-refractivity contribution in [1.29, 1.82) is 0 Å². The lowest BCUT2D eigenvalue weighted by molar-refractivity contribution is -0.137. The number of aryl methyl sites for hydroxylation is 4. The maximum Gasteiger partial charge on any atom is 0.415 e. The van der Waals surface area contributed by atoms with Crippen LogP contribution in [0, 0.1) is 40.8 Å². The Morgan fingerprint density at radius 2 is 0.824 bits per heavy atom. The first-order valence-electron chi connectivity index (χ1n) is 24.6. The molecule has 0 atom stereocenters. The Morgan fingerprint density at radius 1 is 0.419 bits per heavy atom. The topological polar surface area (TPSA) is 13.6 Å². The van der Waals surface area contributed by atoms with Crippen molar-refractivity contribution in [2.24, 2.45) is 0 Å².